The van der Waals surface area contributed by atoms with Crippen molar-refractivity contribution in [1.82, 2.24) is 0 Å². The average molecular weight is 716 g/mol. The monoisotopic (exact) mass is 715 g/mol. The summed E-state index contributed by atoms with van der Waals surface area (Å²) < 4.78 is 11.3. The number of amides is 3. The second kappa shape index (κ2) is 15.8. The van der Waals surface area contributed by atoms with Gasteiger partial charge in [0.1, 0.15) is 11.5 Å². The summed E-state index contributed by atoms with van der Waals surface area (Å²) in [4.78, 5) is 67.0. The lowest BCUT2D eigenvalue weighted by Gasteiger charge is -2.22. The molecule has 0 bridgehead atoms. The number of hydrogen-bond acceptors (Lipinski definition) is 8. The minimum absolute atomic E-state index is 0.0128. The smallest absolute Gasteiger partial charge is 0.343 e. The molecule has 0 saturated heterocycles. The molecule has 0 aromatic heterocycles. The Hall–Kier alpha value is -5.81. The van der Waals surface area contributed by atoms with Gasteiger partial charge >= 0.3 is 11.9 Å². The van der Waals surface area contributed by atoms with Crippen molar-refractivity contribution in [1.29, 1.82) is 0 Å². The average Bonchev–Trinajstić information content (AvgIpc) is 3.45. The van der Waals surface area contributed by atoms with Gasteiger partial charge in [0.25, 0.3) is 5.91 Å². The molecule has 272 valence electrons. The Morgan fingerprint density at radius 2 is 1.06 bits per heavy atom. The van der Waals surface area contributed by atoms with Crippen molar-refractivity contribution in [3.05, 3.63) is 113 Å². The quantitative estimate of drug-likeness (QED) is 0.117. The predicted octanol–water partition coefficient (Wildman–Crippen LogP) is 7.81. The number of ether oxygens (including phenoxy) is 2. The van der Waals surface area contributed by atoms with Crippen LogP contribution in [0, 0.1) is 11.8 Å². The molecule has 11 heteroatoms. The van der Waals surface area contributed by atoms with Gasteiger partial charge in [0.15, 0.2) is 6.23 Å². The molecule has 1 aliphatic heterocycles. The van der Waals surface area contributed by atoms with Crippen molar-refractivity contribution in [3.63, 3.8) is 0 Å². The van der Waals surface area contributed by atoms with Gasteiger partial charge in [0, 0.05) is 40.0 Å². The fourth-order valence-corrected chi connectivity index (χ4v) is 7.30. The van der Waals surface area contributed by atoms with Crippen LogP contribution in [0.2, 0.25) is 0 Å². The van der Waals surface area contributed by atoms with Crippen LogP contribution in [-0.2, 0) is 9.59 Å². The van der Waals surface area contributed by atoms with Crippen molar-refractivity contribution in [2.75, 3.05) is 15.5 Å². The number of nitrogens with one attached hydrogen (secondary N) is 2. The van der Waals surface area contributed by atoms with E-state index < -0.39 is 24.1 Å². The summed E-state index contributed by atoms with van der Waals surface area (Å²) in [6.07, 6.45) is 8.58. The molecule has 2 fully saturated rings. The predicted molar refractivity (Wildman–Crippen MR) is 198 cm³/mol. The van der Waals surface area contributed by atoms with Gasteiger partial charge in [0.05, 0.1) is 11.1 Å². The van der Waals surface area contributed by atoms with Gasteiger partial charge in [-0.2, -0.15) is 0 Å². The van der Waals surface area contributed by atoms with Gasteiger partial charge in [-0.15, -0.1) is 0 Å². The number of nitrogens with zero attached hydrogens (tertiary/aromatic N) is 1. The normalized spacial score (nSPS) is 17.5. The molecule has 4 aromatic carbocycles. The number of carbonyl (C=O) groups is 5. The number of aliphatic hydroxyl groups excluding tert-OH is 1. The largest absolute Gasteiger partial charge is 0.423 e. The van der Waals surface area contributed by atoms with Crippen LogP contribution < -0.4 is 25.0 Å². The molecule has 7 rings (SSSR count). The Kier molecular flexibility index (Phi) is 10.6. The van der Waals surface area contributed by atoms with Crippen molar-refractivity contribution >= 4 is 46.7 Å². The zero-order valence-corrected chi connectivity index (χ0v) is 29.2. The first-order valence-electron chi connectivity index (χ1n) is 18.3. The van der Waals surface area contributed by atoms with E-state index >= 15 is 0 Å². The lowest BCUT2D eigenvalue weighted by Crippen LogP contribution is -2.28. The first-order valence-corrected chi connectivity index (χ1v) is 18.3. The molecule has 0 spiro atoms. The molecule has 4 aromatic rings. The topological polar surface area (TPSA) is 151 Å². The summed E-state index contributed by atoms with van der Waals surface area (Å²) in [6, 6.07) is 23.4. The zero-order valence-electron chi connectivity index (χ0n) is 29.2. The summed E-state index contributed by atoms with van der Waals surface area (Å²) in [5, 5.41) is 17.0. The molecular formula is C42H41N3O8. The summed E-state index contributed by atoms with van der Waals surface area (Å²) in [5.41, 5.74) is 1.79. The highest BCUT2D eigenvalue weighted by Gasteiger charge is 2.37. The van der Waals surface area contributed by atoms with Gasteiger partial charge in [0.2, 0.25) is 11.8 Å². The highest BCUT2D eigenvalue weighted by molar-refractivity contribution is 6.12. The first kappa shape index (κ1) is 35.6. The van der Waals surface area contributed by atoms with Crippen LogP contribution in [-0.4, -0.2) is 34.8 Å². The van der Waals surface area contributed by atoms with E-state index in [2.05, 4.69) is 10.6 Å². The molecule has 3 N–H and O–H groups in total. The van der Waals surface area contributed by atoms with E-state index in [0.717, 1.165) is 69.1 Å². The van der Waals surface area contributed by atoms with E-state index in [1.54, 1.807) is 72.8 Å². The SMILES string of the molecule is O=C(Oc1ccc(NC(=O)C2CCCCC2)cc1)c1cc(C(=O)Oc2ccc(NC(=O)C3CCCCC3)cc2)cc(N2C(=O)c3ccccc3C2O)c1. The lowest BCUT2D eigenvalue weighted by molar-refractivity contribution is -0.121. The highest BCUT2D eigenvalue weighted by atomic mass is 16.5. The maximum Gasteiger partial charge on any atom is 0.343 e. The van der Waals surface area contributed by atoms with Crippen molar-refractivity contribution < 1.29 is 38.6 Å². The van der Waals surface area contributed by atoms with E-state index in [1.807, 2.05) is 0 Å². The third kappa shape index (κ3) is 8.15. The first-order chi connectivity index (χ1) is 25.7. The Morgan fingerprint density at radius 3 is 1.51 bits per heavy atom. The third-order valence-corrected chi connectivity index (χ3v) is 10.2. The number of fused-ring (bicyclic) bond motifs is 1. The molecule has 1 heterocycles. The molecule has 0 radical (unpaired) electrons. The minimum atomic E-state index is -1.36. The Bertz CT molecular complexity index is 1910. The Balaban J connectivity index is 1.09. The number of esters is 2. The molecule has 2 saturated carbocycles. The van der Waals surface area contributed by atoms with Crippen LogP contribution in [0.3, 0.4) is 0 Å². The highest BCUT2D eigenvalue weighted by Crippen LogP contribution is 2.37. The van der Waals surface area contributed by atoms with Gasteiger partial charge in [-0.25, -0.2) is 9.59 Å². The number of hydrogen-bond donors (Lipinski definition) is 3. The van der Waals surface area contributed by atoms with Crippen molar-refractivity contribution in [3.8, 4) is 11.5 Å². The number of carbonyl (C=O) groups excluding carboxylic acids is 5. The van der Waals surface area contributed by atoms with E-state index in [4.69, 9.17) is 9.47 Å². The maximum atomic E-state index is 13.6. The van der Waals surface area contributed by atoms with Gasteiger partial charge < -0.3 is 25.2 Å². The summed E-state index contributed by atoms with van der Waals surface area (Å²) in [6.45, 7) is 0. The maximum absolute atomic E-state index is 13.6. The molecule has 11 nitrogen and oxygen atoms in total. The van der Waals surface area contributed by atoms with Gasteiger partial charge in [-0.3, -0.25) is 19.3 Å². The second-order valence-electron chi connectivity index (χ2n) is 13.9. The van der Waals surface area contributed by atoms with E-state index in [1.165, 1.54) is 18.2 Å². The summed E-state index contributed by atoms with van der Waals surface area (Å²) in [7, 11) is 0. The number of anilines is 3. The number of benzene rings is 4. The van der Waals surface area contributed by atoms with Gasteiger partial charge in [-0.05, 0) is 98.5 Å². The molecule has 1 unspecified atom stereocenters. The van der Waals surface area contributed by atoms with E-state index in [0.29, 0.717) is 22.5 Å². The molecule has 2 aliphatic carbocycles. The van der Waals surface area contributed by atoms with Crippen molar-refractivity contribution in [2.24, 2.45) is 11.8 Å². The zero-order chi connectivity index (χ0) is 36.9. The van der Waals surface area contributed by atoms with Crippen LogP contribution in [0.5, 0.6) is 11.5 Å². The number of rotatable bonds is 9. The Morgan fingerprint density at radius 1 is 0.604 bits per heavy atom. The second-order valence-corrected chi connectivity index (χ2v) is 13.9. The standard InChI is InChI=1S/C42H41N3O8/c46-37(26-9-3-1-4-10-26)43-30-15-19-33(20-16-30)52-41(50)28-23-29(25-32(24-28)45-39(48)35-13-7-8-14-36(35)40(45)49)42(51)53-34-21-17-31(18-22-34)44-38(47)27-11-5-2-6-12-27/h7-8,13-27,39,48H,1-6,9-12H2,(H,43,46)(H,44,47). The summed E-state index contributed by atoms with van der Waals surface area (Å²) in [5.74, 6) is -1.83. The molecule has 3 amide bonds. The van der Waals surface area contributed by atoms with Crippen LogP contribution in [0.15, 0.2) is 91.0 Å². The van der Waals surface area contributed by atoms with Crippen molar-refractivity contribution in [2.45, 2.75) is 70.4 Å². The summed E-state index contributed by atoms with van der Waals surface area (Å²) >= 11 is 0. The Labute approximate surface area is 307 Å². The fraction of sp³-hybridized carbons (Fsp3) is 0.310. The van der Waals surface area contributed by atoms with Crippen LogP contribution in [0.4, 0.5) is 17.1 Å². The minimum Gasteiger partial charge on any atom is -0.423 e. The molecule has 1 atom stereocenters. The van der Waals surface area contributed by atoms with E-state index in [-0.39, 0.29) is 52.0 Å². The lowest BCUT2D eigenvalue weighted by atomic mass is 9.88. The third-order valence-electron chi connectivity index (χ3n) is 10.2. The molecular weight excluding hydrogens is 674 g/mol. The van der Waals surface area contributed by atoms with Crippen LogP contribution in [0.25, 0.3) is 0 Å². The molecule has 3 aliphatic rings. The fourth-order valence-electron chi connectivity index (χ4n) is 7.30. The van der Waals surface area contributed by atoms with E-state index in [9.17, 15) is 29.1 Å². The van der Waals surface area contributed by atoms with Gasteiger partial charge in [-0.1, -0.05) is 56.7 Å². The van der Waals surface area contributed by atoms with Crippen LogP contribution in [0.1, 0.15) is 107 Å². The molecule has 53 heavy (non-hydrogen) atoms. The number of aliphatic hydroxyl groups is 1. The van der Waals surface area contributed by atoms with Crippen LogP contribution >= 0.6 is 0 Å².